The minimum atomic E-state index is -0.601. The first kappa shape index (κ1) is 21.0. The molecule has 1 aliphatic rings. The lowest BCUT2D eigenvalue weighted by atomic mass is 10.1. The lowest BCUT2D eigenvalue weighted by Crippen LogP contribution is -2.39. The van der Waals surface area contributed by atoms with Gasteiger partial charge in [-0.25, -0.2) is 9.78 Å². The highest BCUT2D eigenvalue weighted by atomic mass is 32.1. The van der Waals surface area contributed by atoms with Crippen LogP contribution in [0.3, 0.4) is 0 Å². The molecule has 0 fully saturated rings. The molecule has 31 heavy (non-hydrogen) atoms. The molecule has 162 valence electrons. The Bertz CT molecular complexity index is 1060. The van der Waals surface area contributed by atoms with Gasteiger partial charge in [0.25, 0.3) is 5.91 Å². The second-order valence-electron chi connectivity index (χ2n) is 8.33. The summed E-state index contributed by atoms with van der Waals surface area (Å²) in [6.07, 6.45) is 3.71. The van der Waals surface area contributed by atoms with Crippen molar-refractivity contribution in [3.8, 4) is 0 Å². The monoisotopic (exact) mass is 439 g/mol. The highest BCUT2D eigenvalue weighted by molar-refractivity contribution is 7.15. The standard InChI is InChI=1S/C22H25N5O3S/c1-22(2,3)30-21(29)26-13-10-16-17(14-26)31-20(24-16)25-19(28)18(27-12-7-11-23-27)15-8-5-4-6-9-15/h4-9,11-12,18H,10,13-14H2,1-3H3,(H,24,25,28). The summed E-state index contributed by atoms with van der Waals surface area (Å²) in [5.41, 5.74) is 1.21. The molecule has 1 atom stereocenters. The fraction of sp³-hybridized carbons (Fsp3) is 0.364. The van der Waals surface area contributed by atoms with Crippen LogP contribution in [-0.2, 0) is 22.5 Å². The molecule has 2 amide bonds. The third kappa shape index (κ3) is 4.93. The molecule has 0 saturated carbocycles. The van der Waals surface area contributed by atoms with Gasteiger partial charge in [-0.05, 0) is 32.4 Å². The predicted molar refractivity (Wildman–Crippen MR) is 118 cm³/mol. The van der Waals surface area contributed by atoms with E-state index in [4.69, 9.17) is 4.74 Å². The minimum Gasteiger partial charge on any atom is -0.444 e. The molecule has 0 saturated heterocycles. The number of thiazole rings is 1. The molecule has 1 N–H and O–H groups in total. The van der Waals surface area contributed by atoms with E-state index in [2.05, 4.69) is 15.4 Å². The van der Waals surface area contributed by atoms with Crippen LogP contribution in [0.2, 0.25) is 0 Å². The van der Waals surface area contributed by atoms with Crippen LogP contribution < -0.4 is 5.32 Å². The van der Waals surface area contributed by atoms with Crippen LogP contribution in [0.5, 0.6) is 0 Å². The summed E-state index contributed by atoms with van der Waals surface area (Å²) in [4.78, 5) is 32.8. The van der Waals surface area contributed by atoms with Crippen molar-refractivity contribution in [2.45, 2.75) is 45.4 Å². The summed E-state index contributed by atoms with van der Waals surface area (Å²) in [6, 6.07) is 10.7. The molecule has 0 spiro atoms. The average Bonchev–Trinajstić information content (AvgIpc) is 3.36. The van der Waals surface area contributed by atoms with Gasteiger partial charge in [0.15, 0.2) is 11.2 Å². The molecule has 1 aromatic carbocycles. The van der Waals surface area contributed by atoms with Gasteiger partial charge in [-0.3, -0.25) is 14.8 Å². The molecule has 1 aliphatic heterocycles. The molecule has 3 aromatic rings. The van der Waals surface area contributed by atoms with Crippen molar-refractivity contribution in [1.82, 2.24) is 19.7 Å². The Hall–Kier alpha value is -3.20. The van der Waals surface area contributed by atoms with Crippen molar-refractivity contribution in [3.05, 3.63) is 64.9 Å². The van der Waals surface area contributed by atoms with Crippen molar-refractivity contribution < 1.29 is 14.3 Å². The number of hydrogen-bond donors (Lipinski definition) is 1. The van der Waals surface area contributed by atoms with E-state index in [1.165, 1.54) is 11.3 Å². The molecule has 0 radical (unpaired) electrons. The third-order valence-corrected chi connectivity index (χ3v) is 5.76. The zero-order valence-corrected chi connectivity index (χ0v) is 18.6. The fourth-order valence-electron chi connectivity index (χ4n) is 3.40. The molecule has 1 unspecified atom stereocenters. The quantitative estimate of drug-likeness (QED) is 0.667. The van der Waals surface area contributed by atoms with E-state index in [9.17, 15) is 9.59 Å². The highest BCUT2D eigenvalue weighted by Crippen LogP contribution is 2.30. The van der Waals surface area contributed by atoms with Gasteiger partial charge in [-0.2, -0.15) is 5.10 Å². The van der Waals surface area contributed by atoms with Gasteiger partial charge in [0, 0.05) is 30.2 Å². The minimum absolute atomic E-state index is 0.218. The largest absolute Gasteiger partial charge is 0.444 e. The summed E-state index contributed by atoms with van der Waals surface area (Å²) >= 11 is 1.39. The Labute approximate surface area is 184 Å². The molecular formula is C22H25N5O3S. The molecule has 2 aromatic heterocycles. The second-order valence-corrected chi connectivity index (χ2v) is 9.41. The van der Waals surface area contributed by atoms with E-state index in [1.807, 2.05) is 51.1 Å². The first-order chi connectivity index (χ1) is 14.8. The number of ether oxygens (including phenoxy) is 1. The van der Waals surface area contributed by atoms with Gasteiger partial charge in [-0.15, -0.1) is 0 Å². The zero-order chi connectivity index (χ0) is 22.0. The smallest absolute Gasteiger partial charge is 0.410 e. The number of anilines is 1. The van der Waals surface area contributed by atoms with E-state index in [0.29, 0.717) is 24.6 Å². The molecule has 0 bridgehead atoms. The van der Waals surface area contributed by atoms with Crippen molar-refractivity contribution in [1.29, 1.82) is 0 Å². The van der Waals surface area contributed by atoms with Crippen LogP contribution >= 0.6 is 11.3 Å². The Kier molecular flexibility index (Phi) is 5.77. The van der Waals surface area contributed by atoms with E-state index in [-0.39, 0.29) is 12.0 Å². The average molecular weight is 440 g/mol. The fourth-order valence-corrected chi connectivity index (χ4v) is 4.42. The molecule has 3 heterocycles. The summed E-state index contributed by atoms with van der Waals surface area (Å²) < 4.78 is 7.10. The number of aromatic nitrogens is 3. The molecular weight excluding hydrogens is 414 g/mol. The summed E-state index contributed by atoms with van der Waals surface area (Å²) in [7, 11) is 0. The van der Waals surface area contributed by atoms with E-state index in [0.717, 1.165) is 16.1 Å². The SMILES string of the molecule is CC(C)(C)OC(=O)N1CCc2nc(NC(=O)C(c3ccccc3)n3cccn3)sc2C1. The van der Waals surface area contributed by atoms with Crippen LogP contribution in [0.15, 0.2) is 48.8 Å². The Morgan fingerprint density at radius 3 is 2.65 bits per heavy atom. The van der Waals surface area contributed by atoms with Crippen molar-refractivity contribution in [2.75, 3.05) is 11.9 Å². The van der Waals surface area contributed by atoms with E-state index >= 15 is 0 Å². The van der Waals surface area contributed by atoms with E-state index < -0.39 is 11.6 Å². The van der Waals surface area contributed by atoms with Crippen LogP contribution in [-0.4, -0.2) is 43.8 Å². The number of rotatable bonds is 4. The summed E-state index contributed by atoms with van der Waals surface area (Å²) in [6.45, 7) is 6.52. The predicted octanol–water partition coefficient (Wildman–Crippen LogP) is 3.86. The maximum Gasteiger partial charge on any atom is 0.410 e. The van der Waals surface area contributed by atoms with Crippen molar-refractivity contribution in [2.24, 2.45) is 0 Å². The van der Waals surface area contributed by atoms with Crippen LogP contribution in [0, 0.1) is 0 Å². The van der Waals surface area contributed by atoms with Gasteiger partial charge in [0.05, 0.1) is 12.2 Å². The summed E-state index contributed by atoms with van der Waals surface area (Å²) in [5, 5.41) is 7.72. The molecule has 9 heteroatoms. The third-order valence-electron chi connectivity index (χ3n) is 4.77. The van der Waals surface area contributed by atoms with Gasteiger partial charge in [0.2, 0.25) is 0 Å². The lowest BCUT2D eigenvalue weighted by Gasteiger charge is -2.29. The molecule has 0 aliphatic carbocycles. The van der Waals surface area contributed by atoms with Gasteiger partial charge < -0.3 is 9.64 Å². The topological polar surface area (TPSA) is 89.4 Å². The van der Waals surface area contributed by atoms with Crippen LogP contribution in [0.4, 0.5) is 9.93 Å². The van der Waals surface area contributed by atoms with Gasteiger partial charge in [0.1, 0.15) is 5.60 Å². The van der Waals surface area contributed by atoms with E-state index in [1.54, 1.807) is 28.0 Å². The normalized spacial score (nSPS) is 14.6. The highest BCUT2D eigenvalue weighted by Gasteiger charge is 2.29. The molecule has 8 nitrogen and oxygen atoms in total. The van der Waals surface area contributed by atoms with Crippen molar-refractivity contribution in [3.63, 3.8) is 0 Å². The first-order valence-corrected chi connectivity index (χ1v) is 10.9. The zero-order valence-electron chi connectivity index (χ0n) is 17.7. The summed E-state index contributed by atoms with van der Waals surface area (Å²) in [5.74, 6) is -0.218. The van der Waals surface area contributed by atoms with Gasteiger partial charge >= 0.3 is 6.09 Å². The molecule has 4 rings (SSSR count). The van der Waals surface area contributed by atoms with Gasteiger partial charge in [-0.1, -0.05) is 41.7 Å². The number of benzene rings is 1. The van der Waals surface area contributed by atoms with Crippen molar-refractivity contribution >= 4 is 28.5 Å². The number of amides is 2. The van der Waals surface area contributed by atoms with Crippen LogP contribution in [0.1, 0.15) is 42.9 Å². The maximum atomic E-state index is 13.2. The van der Waals surface area contributed by atoms with Crippen LogP contribution in [0.25, 0.3) is 0 Å². The number of nitrogens with one attached hydrogen (secondary N) is 1. The lowest BCUT2D eigenvalue weighted by molar-refractivity contribution is -0.118. The number of fused-ring (bicyclic) bond motifs is 1. The maximum absolute atomic E-state index is 13.2. The Balaban J connectivity index is 1.49. The number of carbonyl (C=O) groups excluding carboxylic acids is 2. The second kappa shape index (κ2) is 8.50. The Morgan fingerprint density at radius 1 is 1.19 bits per heavy atom. The Morgan fingerprint density at radius 2 is 1.97 bits per heavy atom. The number of carbonyl (C=O) groups is 2. The number of nitrogens with zero attached hydrogens (tertiary/aromatic N) is 4. The number of hydrogen-bond acceptors (Lipinski definition) is 6. The first-order valence-electron chi connectivity index (χ1n) is 10.1.